The normalized spacial score (nSPS) is 11.4. The van der Waals surface area contributed by atoms with Gasteiger partial charge in [-0.2, -0.15) is 0 Å². The van der Waals surface area contributed by atoms with Gasteiger partial charge in [-0.1, -0.05) is 279 Å². The summed E-state index contributed by atoms with van der Waals surface area (Å²) in [5.74, 6) is 2.67. The minimum Gasteiger partial charge on any atom is -0.457 e. The Labute approximate surface area is 770 Å². The molecule has 0 aliphatic rings. The van der Waals surface area contributed by atoms with E-state index in [0.717, 1.165) is 235 Å². The summed E-state index contributed by atoms with van der Waals surface area (Å²) in [6, 6.07) is 152. The lowest BCUT2D eigenvalue weighted by atomic mass is 10.0. The molecule has 626 valence electrons. The molecule has 0 unspecified atom stereocenters. The van der Waals surface area contributed by atoms with Gasteiger partial charge in [-0.3, -0.25) is 0 Å². The minimum atomic E-state index is 0.664. The quantitative estimate of drug-likeness (QED) is 0.0748. The third kappa shape index (κ3) is 15.6. The Morgan fingerprint density at radius 3 is 0.343 bits per heavy atom. The van der Waals surface area contributed by atoms with Crippen LogP contribution in [0.5, 0.6) is 23.0 Å². The average molecular weight is 1720 g/mol. The lowest BCUT2D eigenvalue weighted by molar-refractivity contribution is 0.482. The summed E-state index contributed by atoms with van der Waals surface area (Å²) in [6.07, 6.45) is 0. The molecule has 0 saturated carbocycles. The van der Waals surface area contributed by atoms with Crippen LogP contribution in [-0.4, -0.2) is 59.8 Å². The zero-order chi connectivity index (χ0) is 88.8. The van der Waals surface area contributed by atoms with Gasteiger partial charge in [0.25, 0.3) is 0 Å². The predicted octanol–water partition coefficient (Wildman–Crippen LogP) is 29.9. The molecule has 24 rings (SSSR count). The van der Waals surface area contributed by atoms with E-state index in [4.69, 9.17) is 69.3 Å². The molecule has 0 amide bonds. The van der Waals surface area contributed by atoms with Crippen molar-refractivity contribution in [1.82, 2.24) is 59.8 Å². The lowest BCUT2D eigenvalue weighted by Crippen LogP contribution is -1.97. The Morgan fingerprint density at radius 2 is 0.209 bits per heavy atom. The van der Waals surface area contributed by atoms with Crippen molar-refractivity contribution >= 4 is 66.2 Å². The summed E-state index contributed by atoms with van der Waals surface area (Å²) >= 11 is 0. The minimum absolute atomic E-state index is 0.664. The van der Waals surface area contributed by atoms with Crippen molar-refractivity contribution in [3.63, 3.8) is 0 Å². The highest BCUT2D eigenvalue weighted by Crippen LogP contribution is 2.44. The van der Waals surface area contributed by atoms with Crippen molar-refractivity contribution in [2.75, 3.05) is 0 Å². The van der Waals surface area contributed by atoms with Crippen LogP contribution in [0.15, 0.2) is 449 Å². The second-order valence-corrected chi connectivity index (χ2v) is 33.0. The van der Waals surface area contributed by atoms with Crippen molar-refractivity contribution in [3.8, 4) is 191 Å². The lowest BCUT2D eigenvalue weighted by Gasteiger charge is -2.14. The zero-order valence-electron chi connectivity index (χ0n) is 71.9. The smallest absolute Gasteiger partial charge is 0.127 e. The fourth-order valence-electron chi connectivity index (χ4n) is 17.6. The van der Waals surface area contributed by atoms with Crippen molar-refractivity contribution in [3.05, 3.63) is 449 Å². The molecule has 14 nitrogen and oxygen atoms in total. The molecule has 0 aliphatic heterocycles. The van der Waals surface area contributed by atoms with Crippen molar-refractivity contribution in [1.29, 1.82) is 0 Å². The summed E-state index contributed by atoms with van der Waals surface area (Å²) in [7, 11) is 0. The third-order valence-electron chi connectivity index (χ3n) is 24.3. The fraction of sp³-hybridized carbons (Fsp3) is 0. The molecule has 0 fully saturated rings. The van der Waals surface area contributed by atoms with Crippen LogP contribution in [0.4, 0.5) is 0 Å². The molecule has 6 heterocycles. The van der Waals surface area contributed by atoms with Crippen molar-refractivity contribution in [2.24, 2.45) is 0 Å². The second-order valence-electron chi connectivity index (χ2n) is 33.0. The predicted molar refractivity (Wildman–Crippen MR) is 540 cm³/mol. The summed E-state index contributed by atoms with van der Waals surface area (Å²) < 4.78 is 13.2. The van der Waals surface area contributed by atoms with Gasteiger partial charge in [0.1, 0.15) is 23.0 Å². The highest BCUT2D eigenvalue weighted by molar-refractivity contribution is 5.98. The number of hydrogen-bond acceptors (Lipinski definition) is 14. The van der Waals surface area contributed by atoms with Crippen LogP contribution in [0, 0.1) is 0 Å². The first-order valence-electron chi connectivity index (χ1n) is 44.4. The Morgan fingerprint density at radius 1 is 0.0970 bits per heavy atom. The Bertz CT molecular complexity index is 8600. The number of ether oxygens (including phenoxy) is 2. The molecule has 0 atom stereocenters. The van der Waals surface area contributed by atoms with Crippen LogP contribution in [0.25, 0.3) is 235 Å². The molecule has 0 spiro atoms. The van der Waals surface area contributed by atoms with E-state index in [0.29, 0.717) is 23.0 Å². The van der Waals surface area contributed by atoms with Gasteiger partial charge in [0.2, 0.25) is 0 Å². The maximum atomic E-state index is 6.61. The molecule has 0 radical (unpaired) electrons. The summed E-state index contributed by atoms with van der Waals surface area (Å²) in [4.78, 5) is 64.0. The van der Waals surface area contributed by atoms with Crippen LogP contribution >= 0.6 is 0 Å². The van der Waals surface area contributed by atoms with E-state index in [9.17, 15) is 0 Å². The van der Waals surface area contributed by atoms with Crippen LogP contribution in [-0.2, 0) is 0 Å². The molecule has 0 N–H and O–H groups in total. The van der Waals surface area contributed by atoms with Crippen LogP contribution in [0.3, 0.4) is 0 Å². The number of hydrogen-bond donors (Lipinski definition) is 0. The Balaban J connectivity index is 0.477. The number of nitrogens with zero attached hydrogens (tertiary/aromatic N) is 12. The fourth-order valence-corrected chi connectivity index (χ4v) is 17.6. The van der Waals surface area contributed by atoms with E-state index in [1.54, 1.807) is 0 Å². The van der Waals surface area contributed by atoms with Crippen LogP contribution in [0.2, 0.25) is 0 Å². The van der Waals surface area contributed by atoms with E-state index in [2.05, 4.69) is 182 Å². The number of benzene rings is 18. The molecule has 14 heteroatoms. The Hall–Kier alpha value is -18.4. The standard InChI is InChI=1S/C120H74N12O2/c1-9-25-75(26-10-1)109-112(78-31-15-4-16-32-78)127-103-69-87(49-63-97(103)121-109)89-52-66-100-105(71-89)129-114(80-35-19-6-20-36-80)117(124-100)83-41-55-93(56-42-83)133-94-57-43-84(44-58-94)118-116(82-39-23-8-24-40-82)131-107-73-91(54-68-102(107)126-118)92-51-65-99-108(74-92)132-120(111(123-99)77-29-13-3-14-30-77)86-47-61-96(62-48-86)134-95-59-45-85(46-60-95)119-115(81-37-21-7-22-38-81)130-106-72-90(53-67-101(106)125-119)88-50-64-98-104(70-88)128-113(79-33-17-5-18-34-79)110(122-98)76-27-11-2-12-28-76/h1-74H. The van der Waals surface area contributed by atoms with Gasteiger partial charge in [-0.05, 0) is 203 Å². The zero-order valence-corrected chi connectivity index (χ0v) is 71.9. The topological polar surface area (TPSA) is 173 Å². The molecule has 0 saturated heterocycles. The van der Waals surface area contributed by atoms with E-state index in [1.807, 2.05) is 267 Å². The summed E-state index contributed by atoms with van der Waals surface area (Å²) in [5.41, 5.74) is 36.1. The first kappa shape index (κ1) is 79.0. The maximum Gasteiger partial charge on any atom is 0.127 e. The average Bonchev–Trinajstić information content (AvgIpc) is 0.774. The second kappa shape index (κ2) is 34.3. The molecule has 24 aromatic rings. The first-order valence-corrected chi connectivity index (χ1v) is 44.4. The van der Waals surface area contributed by atoms with E-state index in [-0.39, 0.29) is 0 Å². The molecular weight excluding hydrogens is 1640 g/mol. The number of rotatable bonds is 19. The Kier molecular flexibility index (Phi) is 20.2. The highest BCUT2D eigenvalue weighted by Gasteiger charge is 2.24. The SMILES string of the molecule is c1ccc(-c2nc3ccc(-c4ccc5nc(-c6ccc(Oc7ccc(-c8nc9ccc(-c%10ccc%11nc(-c%12ccccc%12)c(-c%12ccc(Oc%13ccc(-c%14nc%15ccc(-c%16ccc%17nc(-c%18ccccc%18)c(-c%18ccccc%18)nc%17c%16)cc%15nc%14-c%14ccccc%14)cc%13)cc%12)nc%11c%10)cc9nc8-c8ccccc8)cc7)cc6)c(-c6ccccc6)nc5c4)cc3nc2-c2ccccc2)cc1. The van der Waals surface area contributed by atoms with E-state index >= 15 is 0 Å². The highest BCUT2D eigenvalue weighted by atomic mass is 16.5. The van der Waals surface area contributed by atoms with Crippen molar-refractivity contribution < 1.29 is 9.47 Å². The number of aromatic nitrogens is 12. The molecule has 0 bridgehead atoms. The molecule has 134 heavy (non-hydrogen) atoms. The van der Waals surface area contributed by atoms with Gasteiger partial charge in [-0.15, -0.1) is 0 Å². The summed E-state index contributed by atoms with van der Waals surface area (Å²) in [6.45, 7) is 0. The van der Waals surface area contributed by atoms with Gasteiger partial charge >= 0.3 is 0 Å². The first-order chi connectivity index (χ1) is 66.3. The largest absolute Gasteiger partial charge is 0.457 e. The van der Waals surface area contributed by atoms with Crippen LogP contribution < -0.4 is 9.47 Å². The molecule has 6 aromatic heterocycles. The molecular formula is C120H74N12O2. The van der Waals surface area contributed by atoms with Crippen molar-refractivity contribution in [2.45, 2.75) is 0 Å². The maximum absolute atomic E-state index is 6.61. The monoisotopic (exact) mass is 1710 g/mol. The third-order valence-corrected chi connectivity index (χ3v) is 24.3. The van der Waals surface area contributed by atoms with Gasteiger partial charge < -0.3 is 9.47 Å². The van der Waals surface area contributed by atoms with Gasteiger partial charge in [0.05, 0.1) is 135 Å². The van der Waals surface area contributed by atoms with E-state index in [1.165, 1.54) is 0 Å². The molecule has 18 aromatic carbocycles. The van der Waals surface area contributed by atoms with Gasteiger partial charge in [-0.25, -0.2) is 59.8 Å². The molecule has 0 aliphatic carbocycles. The van der Waals surface area contributed by atoms with E-state index < -0.39 is 0 Å². The van der Waals surface area contributed by atoms with Gasteiger partial charge in [0.15, 0.2) is 0 Å². The summed E-state index contributed by atoms with van der Waals surface area (Å²) in [5, 5.41) is 0. The van der Waals surface area contributed by atoms with Gasteiger partial charge in [0, 0.05) is 66.8 Å². The van der Waals surface area contributed by atoms with Crippen LogP contribution in [0.1, 0.15) is 0 Å². The number of fused-ring (bicyclic) bond motifs is 6.